The Kier molecular flexibility index (Phi) is 3.50. The van der Waals surface area contributed by atoms with Crippen molar-refractivity contribution in [3.8, 4) is 0 Å². The minimum atomic E-state index is -3.47. The smallest absolute Gasteiger partial charge is 0.257 e. The Morgan fingerprint density at radius 3 is 2.82 bits per heavy atom. The first-order valence-corrected chi connectivity index (χ1v) is 7.20. The molecular formula is C10H18N4O2S. The highest BCUT2D eigenvalue weighted by atomic mass is 32.2. The molecule has 17 heavy (non-hydrogen) atoms. The van der Waals surface area contributed by atoms with Gasteiger partial charge in [0.2, 0.25) is 0 Å². The molecule has 2 atom stereocenters. The molecule has 0 spiro atoms. The molecule has 1 aliphatic heterocycles. The van der Waals surface area contributed by atoms with Crippen LogP contribution < -0.4 is 10.0 Å². The number of piperidine rings is 1. The Hall–Kier alpha value is -0.920. The van der Waals surface area contributed by atoms with Crippen LogP contribution in [-0.4, -0.2) is 37.5 Å². The summed E-state index contributed by atoms with van der Waals surface area (Å²) < 4.78 is 26.7. The van der Waals surface area contributed by atoms with Gasteiger partial charge in [-0.2, -0.15) is 0 Å². The molecule has 2 heterocycles. The molecule has 1 aromatic heterocycles. The third-order valence-electron chi connectivity index (χ3n) is 2.86. The van der Waals surface area contributed by atoms with Gasteiger partial charge in [0.15, 0.2) is 5.03 Å². The summed E-state index contributed by atoms with van der Waals surface area (Å²) in [5.41, 5.74) is 0. The molecule has 0 amide bonds. The molecule has 96 valence electrons. The van der Waals surface area contributed by atoms with E-state index in [0.717, 1.165) is 13.0 Å². The van der Waals surface area contributed by atoms with Gasteiger partial charge in [-0.3, -0.25) is 0 Å². The van der Waals surface area contributed by atoms with Gasteiger partial charge in [0, 0.05) is 12.6 Å². The van der Waals surface area contributed by atoms with Gasteiger partial charge in [0.25, 0.3) is 10.0 Å². The molecule has 3 N–H and O–H groups in total. The first-order chi connectivity index (χ1) is 7.97. The summed E-state index contributed by atoms with van der Waals surface area (Å²) in [5.74, 6) is 1.08. The molecule has 6 nitrogen and oxygen atoms in total. The lowest BCUT2D eigenvalue weighted by atomic mass is 9.99. The Balaban J connectivity index is 2.07. The normalized spacial score (nSPS) is 26.0. The van der Waals surface area contributed by atoms with Crippen molar-refractivity contribution in [3.05, 3.63) is 12.0 Å². The van der Waals surface area contributed by atoms with Gasteiger partial charge in [0.1, 0.15) is 5.82 Å². The Labute approximate surface area is 101 Å². The summed E-state index contributed by atoms with van der Waals surface area (Å²) in [7, 11) is -3.47. The molecular weight excluding hydrogens is 240 g/mol. The Morgan fingerprint density at radius 2 is 2.24 bits per heavy atom. The highest BCUT2D eigenvalue weighted by Gasteiger charge is 2.25. The van der Waals surface area contributed by atoms with E-state index in [9.17, 15) is 8.42 Å². The van der Waals surface area contributed by atoms with Crippen LogP contribution in [0.5, 0.6) is 0 Å². The molecule has 1 aromatic rings. The quantitative estimate of drug-likeness (QED) is 0.712. The van der Waals surface area contributed by atoms with Gasteiger partial charge in [-0.1, -0.05) is 6.92 Å². The summed E-state index contributed by atoms with van der Waals surface area (Å²) in [5, 5.41) is 3.34. The van der Waals surface area contributed by atoms with Crippen molar-refractivity contribution in [2.75, 3.05) is 13.1 Å². The fourth-order valence-electron chi connectivity index (χ4n) is 2.06. The number of aromatic amines is 1. The van der Waals surface area contributed by atoms with Gasteiger partial charge in [-0.25, -0.2) is 18.1 Å². The number of hydrogen-bond donors (Lipinski definition) is 3. The number of aromatic nitrogens is 2. The van der Waals surface area contributed by atoms with Crippen molar-refractivity contribution in [2.24, 2.45) is 5.92 Å². The van der Waals surface area contributed by atoms with E-state index < -0.39 is 10.0 Å². The van der Waals surface area contributed by atoms with Crippen molar-refractivity contribution in [3.63, 3.8) is 0 Å². The molecule has 0 bridgehead atoms. The van der Waals surface area contributed by atoms with Crippen molar-refractivity contribution >= 4 is 10.0 Å². The molecule has 1 fully saturated rings. The van der Waals surface area contributed by atoms with Crippen LogP contribution in [0.4, 0.5) is 0 Å². The molecule has 1 saturated heterocycles. The summed E-state index contributed by atoms with van der Waals surface area (Å²) >= 11 is 0. The molecule has 2 unspecified atom stereocenters. The monoisotopic (exact) mass is 258 g/mol. The second-order valence-electron chi connectivity index (χ2n) is 4.65. The minimum absolute atomic E-state index is 0.0487. The molecule has 7 heteroatoms. The van der Waals surface area contributed by atoms with Gasteiger partial charge >= 0.3 is 0 Å². The van der Waals surface area contributed by atoms with Gasteiger partial charge in [-0.05, 0) is 25.8 Å². The predicted octanol–water partition coefficient (Wildman–Crippen LogP) is -0.00558. The second kappa shape index (κ2) is 4.75. The fraction of sp³-hybridized carbons (Fsp3) is 0.700. The van der Waals surface area contributed by atoms with Crippen molar-refractivity contribution < 1.29 is 8.42 Å². The van der Waals surface area contributed by atoms with E-state index in [2.05, 4.69) is 26.9 Å². The average molecular weight is 258 g/mol. The SMILES string of the molecule is Cc1ncc(S(=O)(=O)NC2CNCC(C)C2)[nH]1. The Bertz CT molecular complexity index is 482. The Morgan fingerprint density at radius 1 is 1.47 bits per heavy atom. The fourth-order valence-corrected chi connectivity index (χ4v) is 3.28. The second-order valence-corrected chi connectivity index (χ2v) is 6.33. The largest absolute Gasteiger partial charge is 0.332 e. The molecule has 2 rings (SSSR count). The first-order valence-electron chi connectivity index (χ1n) is 5.72. The van der Waals surface area contributed by atoms with Crippen LogP contribution in [0, 0.1) is 12.8 Å². The summed E-state index contributed by atoms with van der Waals surface area (Å²) in [6, 6.07) is -0.0487. The molecule has 1 aliphatic rings. The maximum atomic E-state index is 12.0. The maximum absolute atomic E-state index is 12.0. The van der Waals surface area contributed by atoms with Crippen LogP contribution in [0.25, 0.3) is 0 Å². The lowest BCUT2D eigenvalue weighted by Gasteiger charge is -2.27. The molecule has 0 saturated carbocycles. The van der Waals surface area contributed by atoms with E-state index >= 15 is 0 Å². The zero-order chi connectivity index (χ0) is 12.5. The van der Waals surface area contributed by atoms with Gasteiger partial charge in [-0.15, -0.1) is 0 Å². The summed E-state index contributed by atoms with van der Waals surface area (Å²) in [6.07, 6.45) is 2.21. The minimum Gasteiger partial charge on any atom is -0.332 e. The zero-order valence-corrected chi connectivity index (χ0v) is 10.8. The number of hydrogen-bond acceptors (Lipinski definition) is 4. The highest BCUT2D eigenvalue weighted by molar-refractivity contribution is 7.89. The zero-order valence-electron chi connectivity index (χ0n) is 10.0. The third kappa shape index (κ3) is 3.05. The average Bonchev–Trinajstić information content (AvgIpc) is 2.65. The molecule has 0 aromatic carbocycles. The van der Waals surface area contributed by atoms with E-state index in [-0.39, 0.29) is 11.1 Å². The lowest BCUT2D eigenvalue weighted by Crippen LogP contribution is -2.48. The number of nitrogens with one attached hydrogen (secondary N) is 3. The van der Waals surface area contributed by atoms with Gasteiger partial charge in [0.05, 0.1) is 6.20 Å². The number of aryl methyl sites for hydroxylation is 1. The summed E-state index contributed by atoms with van der Waals surface area (Å²) in [4.78, 5) is 6.64. The van der Waals surface area contributed by atoms with E-state index in [4.69, 9.17) is 0 Å². The summed E-state index contributed by atoms with van der Waals surface area (Å²) in [6.45, 7) is 5.45. The number of nitrogens with zero attached hydrogens (tertiary/aromatic N) is 1. The highest BCUT2D eigenvalue weighted by Crippen LogP contribution is 2.12. The lowest BCUT2D eigenvalue weighted by molar-refractivity contribution is 0.346. The standard InChI is InChI=1S/C10H18N4O2S/c1-7-3-9(5-11-4-7)14-17(15,16)10-6-12-8(2)13-10/h6-7,9,11,14H,3-5H2,1-2H3,(H,12,13). The van der Waals surface area contributed by atoms with E-state index in [1.165, 1.54) is 6.20 Å². The van der Waals surface area contributed by atoms with Crippen molar-refractivity contribution in [2.45, 2.75) is 31.3 Å². The number of H-pyrrole nitrogens is 1. The van der Waals surface area contributed by atoms with Gasteiger partial charge < -0.3 is 10.3 Å². The van der Waals surface area contributed by atoms with Crippen molar-refractivity contribution in [1.29, 1.82) is 0 Å². The first kappa shape index (κ1) is 12.5. The number of rotatable bonds is 3. The van der Waals surface area contributed by atoms with E-state index in [0.29, 0.717) is 18.3 Å². The van der Waals surface area contributed by atoms with Crippen molar-refractivity contribution in [1.82, 2.24) is 20.0 Å². The van der Waals surface area contributed by atoms with Crippen LogP contribution in [0.2, 0.25) is 0 Å². The predicted molar refractivity (Wildman–Crippen MR) is 64.1 cm³/mol. The maximum Gasteiger partial charge on any atom is 0.257 e. The van der Waals surface area contributed by atoms with E-state index in [1.807, 2.05) is 0 Å². The van der Waals surface area contributed by atoms with Crippen LogP contribution in [0.3, 0.4) is 0 Å². The molecule has 0 radical (unpaired) electrons. The number of sulfonamides is 1. The molecule has 0 aliphatic carbocycles. The van der Waals surface area contributed by atoms with Crippen LogP contribution in [0.15, 0.2) is 11.2 Å². The van der Waals surface area contributed by atoms with E-state index in [1.54, 1.807) is 6.92 Å². The number of imidazole rings is 1. The third-order valence-corrected chi connectivity index (χ3v) is 4.29. The topological polar surface area (TPSA) is 86.9 Å². The van der Waals surface area contributed by atoms with Crippen LogP contribution in [0.1, 0.15) is 19.2 Å². The van der Waals surface area contributed by atoms with Crippen LogP contribution >= 0.6 is 0 Å². The van der Waals surface area contributed by atoms with Crippen LogP contribution in [-0.2, 0) is 10.0 Å².